The van der Waals surface area contributed by atoms with Crippen molar-refractivity contribution < 1.29 is 13.9 Å². The molecule has 0 saturated heterocycles. The number of thiazole rings is 1. The molecule has 0 aliphatic carbocycles. The largest absolute Gasteiger partial charge is 0.459 e. The third-order valence-corrected chi connectivity index (χ3v) is 9.15. The summed E-state index contributed by atoms with van der Waals surface area (Å²) in [4.78, 5) is 33.8. The van der Waals surface area contributed by atoms with Crippen LogP contribution in [0.5, 0.6) is 0 Å². The van der Waals surface area contributed by atoms with Gasteiger partial charge in [0.2, 0.25) is 0 Å². The lowest BCUT2D eigenvalue weighted by atomic mass is 9.96. The predicted molar refractivity (Wildman–Crippen MR) is 171 cm³/mol. The van der Waals surface area contributed by atoms with Gasteiger partial charge in [-0.05, 0) is 62.9 Å². The maximum atomic E-state index is 14.5. The normalized spacial score (nSPS) is 15.2. The smallest absolute Gasteiger partial charge is 0.338 e. The highest BCUT2D eigenvalue weighted by Gasteiger charge is 2.33. The van der Waals surface area contributed by atoms with Crippen LogP contribution in [0.2, 0.25) is 0 Å². The zero-order chi connectivity index (χ0) is 30.2. The highest BCUT2D eigenvalue weighted by molar-refractivity contribution is 7.98. The van der Waals surface area contributed by atoms with E-state index in [-0.39, 0.29) is 17.5 Å². The summed E-state index contributed by atoms with van der Waals surface area (Å²) in [5.74, 6) is -0.747. The van der Waals surface area contributed by atoms with Crippen molar-refractivity contribution in [2.45, 2.75) is 44.4 Å². The number of hydrogen-bond acceptors (Lipinski definition) is 6. The van der Waals surface area contributed by atoms with Gasteiger partial charge >= 0.3 is 5.97 Å². The van der Waals surface area contributed by atoms with E-state index in [4.69, 9.17) is 9.73 Å². The first-order valence-corrected chi connectivity index (χ1v) is 16.0. The summed E-state index contributed by atoms with van der Waals surface area (Å²) < 4.78 is 24.2. The number of benzene rings is 3. The summed E-state index contributed by atoms with van der Waals surface area (Å²) in [5.41, 5.74) is 3.80. The molecule has 0 bridgehead atoms. The minimum absolute atomic E-state index is 0.240. The van der Waals surface area contributed by atoms with Crippen LogP contribution >= 0.6 is 23.1 Å². The van der Waals surface area contributed by atoms with Crippen molar-refractivity contribution >= 4 is 46.0 Å². The van der Waals surface area contributed by atoms with Crippen LogP contribution in [-0.2, 0) is 16.1 Å². The summed E-state index contributed by atoms with van der Waals surface area (Å²) in [6, 6.07) is 21.8. The Morgan fingerprint density at radius 2 is 1.81 bits per heavy atom. The SMILES string of the molecule is CSc1ccc([C@@H]2C(C(=O)OC(C)C)=C(C)N=c3s/c(=C\c4cn(Cc5ccccc5F)c5ccccc45)c(=O)n32)cc1. The van der Waals surface area contributed by atoms with Crippen LogP contribution in [0.3, 0.4) is 0 Å². The molecule has 0 amide bonds. The number of halogens is 1. The number of allylic oxidation sites excluding steroid dienone is 1. The van der Waals surface area contributed by atoms with Gasteiger partial charge in [0, 0.05) is 33.1 Å². The van der Waals surface area contributed by atoms with Crippen molar-refractivity contribution in [2.24, 2.45) is 4.99 Å². The fourth-order valence-electron chi connectivity index (χ4n) is 5.43. The Morgan fingerprint density at radius 3 is 2.53 bits per heavy atom. The second kappa shape index (κ2) is 11.8. The number of thioether (sulfide) groups is 1. The molecule has 3 aromatic carbocycles. The average molecular weight is 612 g/mol. The van der Waals surface area contributed by atoms with Crippen LogP contribution in [0.15, 0.2) is 105 Å². The van der Waals surface area contributed by atoms with E-state index >= 15 is 0 Å². The van der Waals surface area contributed by atoms with Gasteiger partial charge < -0.3 is 9.30 Å². The number of hydrogen-bond donors (Lipinski definition) is 0. The third kappa shape index (κ3) is 5.50. The number of ether oxygens (including phenoxy) is 1. The lowest BCUT2D eigenvalue weighted by molar-refractivity contribution is -0.143. The first kappa shape index (κ1) is 28.9. The first-order chi connectivity index (χ1) is 20.7. The fraction of sp³-hybridized carbons (Fsp3) is 0.206. The van der Waals surface area contributed by atoms with Crippen molar-refractivity contribution in [1.29, 1.82) is 0 Å². The highest BCUT2D eigenvalue weighted by Crippen LogP contribution is 2.32. The van der Waals surface area contributed by atoms with Gasteiger partial charge in [0.15, 0.2) is 4.80 Å². The predicted octanol–water partition coefficient (Wildman–Crippen LogP) is 6.05. The molecule has 5 aromatic rings. The van der Waals surface area contributed by atoms with Crippen LogP contribution < -0.4 is 14.9 Å². The number of carbonyl (C=O) groups is 1. The molecule has 6 nitrogen and oxygen atoms in total. The van der Waals surface area contributed by atoms with Gasteiger partial charge in [0.1, 0.15) is 5.82 Å². The quantitative estimate of drug-likeness (QED) is 0.166. The maximum Gasteiger partial charge on any atom is 0.338 e. The molecular weight excluding hydrogens is 582 g/mol. The molecule has 2 aromatic heterocycles. The van der Waals surface area contributed by atoms with Crippen molar-refractivity contribution in [2.75, 3.05) is 6.26 Å². The van der Waals surface area contributed by atoms with E-state index in [1.165, 1.54) is 17.4 Å². The molecule has 0 saturated carbocycles. The lowest BCUT2D eigenvalue weighted by Crippen LogP contribution is -2.40. The molecule has 0 spiro atoms. The molecule has 0 N–H and O–H groups in total. The van der Waals surface area contributed by atoms with E-state index in [9.17, 15) is 14.0 Å². The Balaban J connectivity index is 1.51. The maximum absolute atomic E-state index is 14.5. The number of carbonyl (C=O) groups excluding carboxylic acids is 1. The summed E-state index contributed by atoms with van der Waals surface area (Å²) in [6.07, 6.45) is 5.49. The lowest BCUT2D eigenvalue weighted by Gasteiger charge is -2.25. The van der Waals surface area contributed by atoms with E-state index in [1.54, 1.807) is 49.2 Å². The molecule has 9 heteroatoms. The number of para-hydroxylation sites is 1. The molecule has 0 fully saturated rings. The monoisotopic (exact) mass is 611 g/mol. The molecule has 218 valence electrons. The summed E-state index contributed by atoms with van der Waals surface area (Å²) in [7, 11) is 0. The number of rotatable bonds is 7. The summed E-state index contributed by atoms with van der Waals surface area (Å²) in [5, 5.41) is 0.950. The van der Waals surface area contributed by atoms with Crippen LogP contribution in [-0.4, -0.2) is 27.5 Å². The standard InChI is InChI=1S/C34H30FN3O3S2/c1-20(2)41-33(40)30-21(3)36-34-38(31(30)22-13-15-25(42-4)16-14-22)32(39)29(43-34)17-24-19-37(28-12-8-6-10-26(24)28)18-23-9-5-7-11-27(23)35/h5-17,19-20,31H,18H2,1-4H3/b29-17-/t31-/m1/s1. The van der Waals surface area contributed by atoms with E-state index < -0.39 is 12.0 Å². The van der Waals surface area contributed by atoms with Crippen molar-refractivity contribution in [3.63, 3.8) is 0 Å². The zero-order valence-corrected chi connectivity index (χ0v) is 25.8. The number of fused-ring (bicyclic) bond motifs is 2. The van der Waals surface area contributed by atoms with Gasteiger partial charge in [-0.15, -0.1) is 11.8 Å². The molecule has 1 atom stereocenters. The van der Waals surface area contributed by atoms with E-state index in [0.717, 1.165) is 26.9 Å². The third-order valence-electron chi connectivity index (χ3n) is 7.42. The van der Waals surface area contributed by atoms with E-state index in [1.807, 2.05) is 77.7 Å². The Labute approximate surface area is 256 Å². The Kier molecular flexibility index (Phi) is 7.94. The topological polar surface area (TPSA) is 65.6 Å². The van der Waals surface area contributed by atoms with Gasteiger partial charge in [0.25, 0.3) is 5.56 Å². The molecule has 0 radical (unpaired) electrons. The van der Waals surface area contributed by atoms with Gasteiger partial charge in [-0.25, -0.2) is 14.2 Å². The van der Waals surface area contributed by atoms with Crippen LogP contribution in [0.4, 0.5) is 4.39 Å². The Morgan fingerprint density at radius 1 is 1.09 bits per heavy atom. The highest BCUT2D eigenvalue weighted by atomic mass is 32.2. The summed E-state index contributed by atoms with van der Waals surface area (Å²) >= 11 is 2.91. The van der Waals surface area contributed by atoms with Gasteiger partial charge in [-0.2, -0.15) is 0 Å². The number of esters is 1. The molecule has 43 heavy (non-hydrogen) atoms. The van der Waals surface area contributed by atoms with E-state index in [2.05, 4.69) is 0 Å². The number of nitrogens with zero attached hydrogens (tertiary/aromatic N) is 3. The molecule has 1 aliphatic heterocycles. The fourth-order valence-corrected chi connectivity index (χ4v) is 6.88. The summed E-state index contributed by atoms with van der Waals surface area (Å²) in [6.45, 7) is 5.74. The molecule has 6 rings (SSSR count). The molecule has 1 aliphatic rings. The average Bonchev–Trinajstić information content (AvgIpc) is 3.49. The van der Waals surface area contributed by atoms with E-state index in [0.29, 0.717) is 32.7 Å². The minimum Gasteiger partial charge on any atom is -0.459 e. The second-order valence-electron chi connectivity index (χ2n) is 10.6. The van der Waals surface area contributed by atoms with Crippen molar-refractivity contribution in [3.8, 4) is 0 Å². The zero-order valence-electron chi connectivity index (χ0n) is 24.2. The van der Waals surface area contributed by atoms with Crippen molar-refractivity contribution in [1.82, 2.24) is 9.13 Å². The van der Waals surface area contributed by atoms with Gasteiger partial charge in [0.05, 0.1) is 34.5 Å². The molecular formula is C34H30FN3O3S2. The van der Waals surface area contributed by atoms with Crippen LogP contribution in [0.1, 0.15) is 43.5 Å². The van der Waals surface area contributed by atoms with Gasteiger partial charge in [-0.3, -0.25) is 9.36 Å². The van der Waals surface area contributed by atoms with Crippen LogP contribution in [0, 0.1) is 5.82 Å². The molecule has 3 heterocycles. The Bertz CT molecular complexity index is 2070. The van der Waals surface area contributed by atoms with Crippen molar-refractivity contribution in [3.05, 3.63) is 132 Å². The molecule has 0 unspecified atom stereocenters. The number of aromatic nitrogens is 2. The second-order valence-corrected chi connectivity index (χ2v) is 12.5. The van der Waals surface area contributed by atoms with Crippen LogP contribution in [0.25, 0.3) is 17.0 Å². The Hall–Kier alpha value is -4.21. The first-order valence-electron chi connectivity index (χ1n) is 13.9. The van der Waals surface area contributed by atoms with Gasteiger partial charge in [-0.1, -0.05) is 59.9 Å². The minimum atomic E-state index is -0.678.